The molecule has 2 aromatic rings. The van der Waals surface area contributed by atoms with Crippen LogP contribution in [0.25, 0.3) is 11.0 Å². The highest BCUT2D eigenvalue weighted by atomic mass is 19.1. The van der Waals surface area contributed by atoms with Gasteiger partial charge in [0.1, 0.15) is 5.82 Å². The van der Waals surface area contributed by atoms with Crippen LogP contribution < -0.4 is 4.90 Å². The summed E-state index contributed by atoms with van der Waals surface area (Å²) in [5.41, 5.74) is 0.894. The minimum absolute atomic E-state index is 0.263. The minimum atomic E-state index is -0.590. The van der Waals surface area contributed by atoms with Gasteiger partial charge in [0.15, 0.2) is 0 Å². The van der Waals surface area contributed by atoms with E-state index in [1.807, 2.05) is 6.92 Å². The van der Waals surface area contributed by atoms with Crippen molar-refractivity contribution in [3.63, 3.8) is 0 Å². The molecule has 1 aliphatic heterocycles. The second-order valence-corrected chi connectivity index (χ2v) is 5.56. The van der Waals surface area contributed by atoms with Crippen LogP contribution in [0.5, 0.6) is 0 Å². The molecule has 1 aromatic carbocycles. The number of anilines is 1. The van der Waals surface area contributed by atoms with Crippen LogP contribution in [0.15, 0.2) is 18.2 Å². The van der Waals surface area contributed by atoms with Crippen LogP contribution in [0.4, 0.5) is 10.3 Å². The summed E-state index contributed by atoms with van der Waals surface area (Å²) >= 11 is 0. The summed E-state index contributed by atoms with van der Waals surface area (Å²) in [5, 5.41) is 10.1. The van der Waals surface area contributed by atoms with Crippen LogP contribution in [0, 0.1) is 5.82 Å². The molecule has 102 valence electrons. The van der Waals surface area contributed by atoms with Crippen LogP contribution in [-0.4, -0.2) is 33.8 Å². The summed E-state index contributed by atoms with van der Waals surface area (Å²) < 4.78 is 13.2. The Morgan fingerprint density at radius 3 is 3.05 bits per heavy atom. The molecule has 4 nitrogen and oxygen atoms in total. The number of aliphatic hydroxyl groups is 1. The van der Waals surface area contributed by atoms with Gasteiger partial charge in [-0.2, -0.15) is 0 Å². The molecule has 1 unspecified atom stereocenters. The molecule has 1 atom stereocenters. The third-order valence-electron chi connectivity index (χ3n) is 3.79. The zero-order valence-electron chi connectivity index (χ0n) is 11.0. The summed E-state index contributed by atoms with van der Waals surface area (Å²) in [6.07, 6.45) is 2.45. The van der Waals surface area contributed by atoms with Gasteiger partial charge in [-0.1, -0.05) is 0 Å². The van der Waals surface area contributed by atoms with Crippen molar-refractivity contribution in [3.05, 3.63) is 24.0 Å². The lowest BCUT2D eigenvalue weighted by Gasteiger charge is -2.21. The standard InChI is InChI=1S/C14H18FN3O/c1-14(19)5-2-7-18(8-6-14)13-16-11-4-3-10(15)9-12(11)17-13/h3-4,9,19H,2,5-8H2,1H3,(H,16,17). The SMILES string of the molecule is CC1(O)CCCN(c2nc3ccc(F)cc3[nH]2)CC1. The lowest BCUT2D eigenvalue weighted by molar-refractivity contribution is 0.0481. The quantitative estimate of drug-likeness (QED) is 0.831. The Labute approximate surface area is 111 Å². The molecule has 0 aliphatic carbocycles. The van der Waals surface area contributed by atoms with Crippen molar-refractivity contribution in [3.8, 4) is 0 Å². The summed E-state index contributed by atoms with van der Waals surface area (Å²) in [5.74, 6) is 0.500. The summed E-state index contributed by atoms with van der Waals surface area (Å²) in [6, 6.07) is 4.55. The largest absolute Gasteiger partial charge is 0.390 e. The molecule has 19 heavy (non-hydrogen) atoms. The molecule has 5 heteroatoms. The molecule has 1 fully saturated rings. The molecule has 0 radical (unpaired) electrons. The van der Waals surface area contributed by atoms with Gasteiger partial charge in [-0.25, -0.2) is 9.37 Å². The molecular weight excluding hydrogens is 245 g/mol. The normalized spacial score (nSPS) is 24.7. The predicted molar refractivity (Wildman–Crippen MR) is 72.7 cm³/mol. The van der Waals surface area contributed by atoms with E-state index in [2.05, 4.69) is 14.9 Å². The molecule has 3 rings (SSSR count). The number of fused-ring (bicyclic) bond motifs is 1. The average molecular weight is 263 g/mol. The Morgan fingerprint density at radius 2 is 2.21 bits per heavy atom. The first kappa shape index (κ1) is 12.4. The van der Waals surface area contributed by atoms with Gasteiger partial charge in [-0.3, -0.25) is 0 Å². The first-order valence-electron chi connectivity index (χ1n) is 6.66. The molecule has 0 amide bonds. The van der Waals surface area contributed by atoms with Crippen molar-refractivity contribution in [1.82, 2.24) is 9.97 Å². The number of rotatable bonds is 1. The van der Waals surface area contributed by atoms with Crippen LogP contribution >= 0.6 is 0 Å². The summed E-state index contributed by atoms with van der Waals surface area (Å²) in [6.45, 7) is 3.50. The highest BCUT2D eigenvalue weighted by Crippen LogP contribution is 2.25. The average Bonchev–Trinajstić information content (AvgIpc) is 2.67. The number of hydrogen-bond acceptors (Lipinski definition) is 3. The lowest BCUT2D eigenvalue weighted by Crippen LogP contribution is -2.28. The highest BCUT2D eigenvalue weighted by molar-refractivity contribution is 5.77. The predicted octanol–water partition coefficient (Wildman–Crippen LogP) is 2.44. The van der Waals surface area contributed by atoms with Gasteiger partial charge >= 0.3 is 0 Å². The van der Waals surface area contributed by atoms with Gasteiger partial charge in [-0.05, 0) is 44.4 Å². The molecule has 2 heterocycles. The number of imidazole rings is 1. The Kier molecular flexibility index (Phi) is 2.93. The first-order chi connectivity index (χ1) is 9.03. The maximum atomic E-state index is 13.2. The van der Waals surface area contributed by atoms with Crippen molar-refractivity contribution in [2.75, 3.05) is 18.0 Å². The fourth-order valence-corrected chi connectivity index (χ4v) is 2.59. The van der Waals surface area contributed by atoms with E-state index in [4.69, 9.17) is 0 Å². The van der Waals surface area contributed by atoms with E-state index < -0.39 is 5.60 Å². The minimum Gasteiger partial charge on any atom is -0.390 e. The van der Waals surface area contributed by atoms with E-state index in [1.165, 1.54) is 12.1 Å². The van der Waals surface area contributed by atoms with E-state index in [1.54, 1.807) is 6.07 Å². The second-order valence-electron chi connectivity index (χ2n) is 5.56. The number of nitrogens with one attached hydrogen (secondary N) is 1. The maximum absolute atomic E-state index is 13.2. The van der Waals surface area contributed by atoms with Crippen LogP contribution in [0.3, 0.4) is 0 Å². The van der Waals surface area contributed by atoms with Crippen LogP contribution in [0.1, 0.15) is 26.2 Å². The topological polar surface area (TPSA) is 52.1 Å². The van der Waals surface area contributed by atoms with E-state index in [-0.39, 0.29) is 5.82 Å². The maximum Gasteiger partial charge on any atom is 0.203 e. The van der Waals surface area contributed by atoms with Gasteiger partial charge in [0.05, 0.1) is 16.6 Å². The van der Waals surface area contributed by atoms with E-state index in [0.717, 1.165) is 43.8 Å². The number of benzene rings is 1. The van der Waals surface area contributed by atoms with Crippen LogP contribution in [-0.2, 0) is 0 Å². The molecule has 1 aromatic heterocycles. The number of H-pyrrole nitrogens is 1. The molecule has 0 bridgehead atoms. The third kappa shape index (κ3) is 2.56. The second kappa shape index (κ2) is 4.49. The Balaban J connectivity index is 1.87. The van der Waals surface area contributed by atoms with Gasteiger partial charge in [0.25, 0.3) is 0 Å². The van der Waals surface area contributed by atoms with Crippen LogP contribution in [0.2, 0.25) is 0 Å². The Hall–Kier alpha value is -1.62. The highest BCUT2D eigenvalue weighted by Gasteiger charge is 2.26. The third-order valence-corrected chi connectivity index (χ3v) is 3.79. The number of halogens is 1. The van der Waals surface area contributed by atoms with Gasteiger partial charge < -0.3 is 15.0 Å². The smallest absolute Gasteiger partial charge is 0.203 e. The molecular formula is C14H18FN3O. The molecule has 0 spiro atoms. The van der Waals surface area contributed by atoms with Gasteiger partial charge in [0, 0.05) is 13.1 Å². The molecule has 2 N–H and O–H groups in total. The Morgan fingerprint density at radius 1 is 1.37 bits per heavy atom. The van der Waals surface area contributed by atoms with Crippen molar-refractivity contribution in [2.24, 2.45) is 0 Å². The Bertz CT molecular complexity index is 593. The first-order valence-corrected chi connectivity index (χ1v) is 6.66. The fourth-order valence-electron chi connectivity index (χ4n) is 2.59. The van der Waals surface area contributed by atoms with Crippen molar-refractivity contribution >= 4 is 17.0 Å². The van der Waals surface area contributed by atoms with E-state index in [9.17, 15) is 9.50 Å². The number of aromatic amines is 1. The number of nitrogens with zero attached hydrogens (tertiary/aromatic N) is 2. The summed E-state index contributed by atoms with van der Waals surface area (Å²) in [4.78, 5) is 9.77. The van der Waals surface area contributed by atoms with Gasteiger partial charge in [-0.15, -0.1) is 0 Å². The lowest BCUT2D eigenvalue weighted by atomic mass is 9.98. The molecule has 1 aliphatic rings. The molecule has 1 saturated heterocycles. The zero-order chi connectivity index (χ0) is 13.5. The van der Waals surface area contributed by atoms with E-state index in [0.29, 0.717) is 5.52 Å². The zero-order valence-corrected chi connectivity index (χ0v) is 11.0. The molecule has 0 saturated carbocycles. The van der Waals surface area contributed by atoms with Gasteiger partial charge in [0.2, 0.25) is 5.95 Å². The summed E-state index contributed by atoms with van der Waals surface area (Å²) in [7, 11) is 0. The monoisotopic (exact) mass is 263 g/mol. The number of hydrogen-bond donors (Lipinski definition) is 2. The van der Waals surface area contributed by atoms with Crippen molar-refractivity contribution < 1.29 is 9.50 Å². The fraction of sp³-hybridized carbons (Fsp3) is 0.500. The van der Waals surface area contributed by atoms with Crippen molar-refractivity contribution in [1.29, 1.82) is 0 Å². The van der Waals surface area contributed by atoms with Crippen molar-refractivity contribution in [2.45, 2.75) is 31.8 Å². The number of aromatic nitrogens is 2. The van der Waals surface area contributed by atoms with E-state index >= 15 is 0 Å².